The second-order valence-corrected chi connectivity index (χ2v) is 11.7. The highest BCUT2D eigenvalue weighted by molar-refractivity contribution is 7.99. The molecule has 0 bridgehead atoms. The van der Waals surface area contributed by atoms with Crippen molar-refractivity contribution in [3.63, 3.8) is 0 Å². The van der Waals surface area contributed by atoms with Gasteiger partial charge in [-0.25, -0.2) is 0 Å². The molecule has 0 spiro atoms. The van der Waals surface area contributed by atoms with E-state index in [4.69, 9.17) is 4.43 Å². The van der Waals surface area contributed by atoms with Gasteiger partial charge >= 0.3 is 0 Å². The molecule has 0 saturated carbocycles. The van der Waals surface area contributed by atoms with E-state index in [-0.39, 0.29) is 0 Å². The molecular weight excluding hydrogens is 244 g/mol. The van der Waals surface area contributed by atoms with Crippen LogP contribution in [-0.2, 0) is 4.43 Å². The van der Waals surface area contributed by atoms with Gasteiger partial charge in [0.1, 0.15) is 0 Å². The van der Waals surface area contributed by atoms with E-state index < -0.39 is 8.32 Å². The van der Waals surface area contributed by atoms with Crippen LogP contribution in [0.3, 0.4) is 0 Å². The lowest BCUT2D eigenvalue weighted by Gasteiger charge is -2.36. The third kappa shape index (κ3) is 4.86. The maximum absolute atomic E-state index is 6.13. The van der Waals surface area contributed by atoms with Crippen molar-refractivity contribution in [2.24, 2.45) is 0 Å². The summed E-state index contributed by atoms with van der Waals surface area (Å²) in [6.07, 6.45) is 0. The Bertz CT molecular complexity index is 330. The zero-order chi connectivity index (χ0) is 12.9. The lowest BCUT2D eigenvalue weighted by Crippen LogP contribution is -2.41. The first kappa shape index (κ1) is 14.8. The predicted octanol–water partition coefficient (Wildman–Crippen LogP) is 4.80. The zero-order valence-electron chi connectivity index (χ0n) is 11.6. The van der Waals surface area contributed by atoms with Gasteiger partial charge in [0.15, 0.2) is 8.32 Å². The van der Waals surface area contributed by atoms with Gasteiger partial charge in [0.25, 0.3) is 0 Å². The molecule has 0 heterocycles. The van der Waals surface area contributed by atoms with Gasteiger partial charge in [-0.05, 0) is 30.3 Å². The first-order chi connectivity index (χ1) is 7.83. The summed E-state index contributed by atoms with van der Waals surface area (Å²) in [6.45, 7) is 12.3. The molecule has 0 aliphatic carbocycles. The monoisotopic (exact) mass is 268 g/mol. The second-order valence-electron chi connectivity index (χ2n) is 5.77. The molecule has 0 radical (unpaired) electrons. The van der Waals surface area contributed by atoms with Crippen LogP contribution in [0.5, 0.6) is 0 Å². The van der Waals surface area contributed by atoms with Gasteiger partial charge in [-0.15, -0.1) is 11.8 Å². The standard InChI is InChI=1S/C14H24OSSi/c1-14(2,3)17(4,5)15-11-12-16-13-9-7-6-8-10-13/h6-10H,11-12H2,1-5H3. The average molecular weight is 268 g/mol. The van der Waals surface area contributed by atoms with Crippen molar-refractivity contribution < 1.29 is 4.43 Å². The smallest absolute Gasteiger partial charge is 0.192 e. The topological polar surface area (TPSA) is 9.23 Å². The third-order valence-corrected chi connectivity index (χ3v) is 8.88. The molecule has 0 aromatic heterocycles. The summed E-state index contributed by atoms with van der Waals surface area (Å²) in [5.41, 5.74) is 0. The maximum Gasteiger partial charge on any atom is 0.192 e. The Kier molecular flexibility index (Phi) is 5.29. The summed E-state index contributed by atoms with van der Waals surface area (Å²) in [7, 11) is -1.56. The Morgan fingerprint density at radius 2 is 1.71 bits per heavy atom. The predicted molar refractivity (Wildman–Crippen MR) is 80.3 cm³/mol. The van der Waals surface area contributed by atoms with E-state index in [1.165, 1.54) is 4.90 Å². The lowest BCUT2D eigenvalue weighted by atomic mass is 10.2. The van der Waals surface area contributed by atoms with Crippen molar-refractivity contribution >= 4 is 20.1 Å². The van der Waals surface area contributed by atoms with E-state index in [1.54, 1.807) is 0 Å². The Morgan fingerprint density at radius 3 is 2.24 bits per heavy atom. The van der Waals surface area contributed by atoms with Gasteiger partial charge in [0.2, 0.25) is 0 Å². The average Bonchev–Trinajstić information content (AvgIpc) is 2.24. The molecule has 17 heavy (non-hydrogen) atoms. The molecule has 0 amide bonds. The minimum absolute atomic E-state index is 0.310. The third-order valence-electron chi connectivity index (χ3n) is 3.36. The summed E-state index contributed by atoms with van der Waals surface area (Å²) >= 11 is 1.87. The molecule has 1 aromatic rings. The first-order valence-electron chi connectivity index (χ1n) is 6.15. The highest BCUT2D eigenvalue weighted by Crippen LogP contribution is 2.36. The molecule has 1 aromatic carbocycles. The number of thioether (sulfide) groups is 1. The molecular formula is C14H24OSSi. The van der Waals surface area contributed by atoms with Crippen LogP contribution >= 0.6 is 11.8 Å². The van der Waals surface area contributed by atoms with Crippen molar-refractivity contribution in [3.05, 3.63) is 30.3 Å². The van der Waals surface area contributed by atoms with Crippen LogP contribution in [-0.4, -0.2) is 20.7 Å². The van der Waals surface area contributed by atoms with Crippen LogP contribution in [0.15, 0.2) is 35.2 Å². The quantitative estimate of drug-likeness (QED) is 0.431. The summed E-state index contributed by atoms with van der Waals surface area (Å²) in [4.78, 5) is 1.33. The molecule has 0 fully saturated rings. The minimum Gasteiger partial charge on any atom is -0.416 e. The molecule has 0 aliphatic heterocycles. The number of rotatable bonds is 5. The highest BCUT2D eigenvalue weighted by Gasteiger charge is 2.36. The highest BCUT2D eigenvalue weighted by atomic mass is 32.2. The van der Waals surface area contributed by atoms with Gasteiger partial charge in [-0.1, -0.05) is 39.0 Å². The molecule has 1 nitrogen and oxygen atoms in total. The SMILES string of the molecule is CC(C)(C)[Si](C)(C)OCCSc1ccccc1. The van der Waals surface area contributed by atoms with Crippen molar-refractivity contribution in [2.45, 2.75) is 43.8 Å². The molecule has 0 saturated heterocycles. The van der Waals surface area contributed by atoms with Gasteiger partial charge in [-0.3, -0.25) is 0 Å². The molecule has 1 rings (SSSR count). The molecule has 0 unspecified atom stereocenters. The van der Waals surface area contributed by atoms with E-state index in [0.29, 0.717) is 5.04 Å². The molecule has 0 aliphatic rings. The van der Waals surface area contributed by atoms with Crippen molar-refractivity contribution in [1.29, 1.82) is 0 Å². The summed E-state index contributed by atoms with van der Waals surface area (Å²) in [5.74, 6) is 1.04. The zero-order valence-corrected chi connectivity index (χ0v) is 13.4. The Balaban J connectivity index is 2.30. The second kappa shape index (κ2) is 6.07. The van der Waals surface area contributed by atoms with Crippen LogP contribution in [0, 0.1) is 0 Å². The fourth-order valence-corrected chi connectivity index (χ4v) is 3.13. The fourth-order valence-electron chi connectivity index (χ4n) is 1.19. The molecule has 96 valence electrons. The van der Waals surface area contributed by atoms with E-state index in [9.17, 15) is 0 Å². The molecule has 3 heteroatoms. The van der Waals surface area contributed by atoms with E-state index in [1.807, 2.05) is 11.8 Å². The maximum atomic E-state index is 6.13. The van der Waals surface area contributed by atoms with Crippen molar-refractivity contribution in [3.8, 4) is 0 Å². The van der Waals surface area contributed by atoms with Crippen LogP contribution in [0.4, 0.5) is 0 Å². The van der Waals surface area contributed by atoms with Crippen LogP contribution in [0.2, 0.25) is 18.1 Å². The summed E-state index contributed by atoms with van der Waals surface area (Å²) in [5, 5.41) is 0.310. The van der Waals surface area contributed by atoms with Gasteiger partial charge in [-0.2, -0.15) is 0 Å². The Morgan fingerprint density at radius 1 is 1.12 bits per heavy atom. The van der Waals surface area contributed by atoms with Gasteiger partial charge in [0.05, 0.1) is 0 Å². The first-order valence-corrected chi connectivity index (χ1v) is 10.0. The Labute approximate surface area is 111 Å². The lowest BCUT2D eigenvalue weighted by molar-refractivity contribution is 0.311. The number of hydrogen-bond donors (Lipinski definition) is 0. The van der Waals surface area contributed by atoms with Gasteiger partial charge in [0, 0.05) is 17.3 Å². The number of hydrogen-bond acceptors (Lipinski definition) is 2. The molecule has 0 atom stereocenters. The summed E-state index contributed by atoms with van der Waals surface area (Å²) in [6, 6.07) is 10.5. The van der Waals surface area contributed by atoms with E-state index in [2.05, 4.69) is 64.2 Å². The largest absolute Gasteiger partial charge is 0.416 e. The van der Waals surface area contributed by atoms with E-state index >= 15 is 0 Å². The minimum atomic E-state index is -1.56. The van der Waals surface area contributed by atoms with Crippen molar-refractivity contribution in [1.82, 2.24) is 0 Å². The normalized spacial score (nSPS) is 12.8. The van der Waals surface area contributed by atoms with E-state index in [0.717, 1.165) is 12.4 Å². The van der Waals surface area contributed by atoms with Crippen LogP contribution < -0.4 is 0 Å². The number of benzene rings is 1. The Hall–Kier alpha value is -0.253. The van der Waals surface area contributed by atoms with Gasteiger partial charge < -0.3 is 4.43 Å². The fraction of sp³-hybridized carbons (Fsp3) is 0.571. The molecule has 0 N–H and O–H groups in total. The van der Waals surface area contributed by atoms with Crippen LogP contribution in [0.25, 0.3) is 0 Å². The van der Waals surface area contributed by atoms with Crippen LogP contribution in [0.1, 0.15) is 20.8 Å². The summed E-state index contributed by atoms with van der Waals surface area (Å²) < 4.78 is 6.13. The van der Waals surface area contributed by atoms with Crippen molar-refractivity contribution in [2.75, 3.05) is 12.4 Å².